The van der Waals surface area contributed by atoms with Gasteiger partial charge in [-0.2, -0.15) is 0 Å². The van der Waals surface area contributed by atoms with Crippen LogP contribution in [0.2, 0.25) is 0 Å². The number of halogens is 2. The Balaban J connectivity index is 3.72. The van der Waals surface area contributed by atoms with Crippen molar-refractivity contribution in [2.75, 3.05) is 12.5 Å². The fourth-order valence-corrected chi connectivity index (χ4v) is 0.738. The molecule has 0 radical (unpaired) electrons. The van der Waals surface area contributed by atoms with Gasteiger partial charge in [-0.1, -0.05) is 29.3 Å². The monoisotopic (exact) mass is 256 g/mol. The maximum Gasteiger partial charge on any atom is 0.323 e. The van der Waals surface area contributed by atoms with Crippen LogP contribution in [0.3, 0.4) is 0 Å². The van der Waals surface area contributed by atoms with Crippen LogP contribution in [0.1, 0.15) is 26.7 Å². The molecule has 2 nitrogen and oxygen atoms in total. The zero-order valence-electron chi connectivity index (χ0n) is 7.40. The molecule has 1 unspecified atom stereocenters. The van der Waals surface area contributed by atoms with Crippen molar-refractivity contribution >= 4 is 33.5 Å². The Bertz CT molecular complexity index is 148. The molecule has 0 aromatic rings. The van der Waals surface area contributed by atoms with Crippen molar-refractivity contribution < 1.29 is 9.53 Å². The molecular formula is C8H14BrClO2. The van der Waals surface area contributed by atoms with Crippen molar-refractivity contribution in [2.24, 2.45) is 0 Å². The molecule has 0 saturated heterocycles. The lowest BCUT2D eigenvalue weighted by Crippen LogP contribution is -2.32. The molecule has 4 heteroatoms. The minimum atomic E-state index is -0.734. The number of hydrogen-bond donors (Lipinski definition) is 0. The Labute approximate surface area is 86.7 Å². The van der Waals surface area contributed by atoms with Crippen molar-refractivity contribution in [3.05, 3.63) is 0 Å². The number of hydrogen-bond acceptors (Lipinski definition) is 2. The average molecular weight is 258 g/mol. The van der Waals surface area contributed by atoms with Gasteiger partial charge in [0, 0.05) is 5.88 Å². The van der Waals surface area contributed by atoms with Gasteiger partial charge in [-0.15, -0.1) is 11.6 Å². The Hall–Kier alpha value is 0.240. The molecule has 12 heavy (non-hydrogen) atoms. The molecule has 0 aromatic carbocycles. The first-order valence-electron chi connectivity index (χ1n) is 3.96. The average Bonchev–Trinajstić information content (AvgIpc) is 2.05. The standard InChI is InChI=1S/C8H14BrClO2/c1-3-4-5-12-7(11)8(2,9)6-10/h3-6H2,1-2H3. The van der Waals surface area contributed by atoms with Crippen LogP contribution in [0.15, 0.2) is 0 Å². The first-order valence-corrected chi connectivity index (χ1v) is 5.29. The van der Waals surface area contributed by atoms with Crippen LogP contribution >= 0.6 is 27.5 Å². The summed E-state index contributed by atoms with van der Waals surface area (Å²) in [5, 5.41) is 0. The van der Waals surface area contributed by atoms with Crippen LogP contribution in [0.4, 0.5) is 0 Å². The van der Waals surface area contributed by atoms with E-state index in [9.17, 15) is 4.79 Å². The van der Waals surface area contributed by atoms with Gasteiger partial charge in [-0.25, -0.2) is 0 Å². The van der Waals surface area contributed by atoms with E-state index in [2.05, 4.69) is 15.9 Å². The summed E-state index contributed by atoms with van der Waals surface area (Å²) >= 11 is 8.75. The van der Waals surface area contributed by atoms with E-state index in [0.717, 1.165) is 12.8 Å². The molecule has 0 aliphatic rings. The van der Waals surface area contributed by atoms with E-state index >= 15 is 0 Å². The first-order chi connectivity index (χ1) is 5.54. The lowest BCUT2D eigenvalue weighted by Gasteiger charge is -2.16. The third-order valence-electron chi connectivity index (χ3n) is 1.41. The highest BCUT2D eigenvalue weighted by Crippen LogP contribution is 2.20. The molecule has 0 amide bonds. The number of unbranched alkanes of at least 4 members (excludes halogenated alkanes) is 1. The molecule has 0 N–H and O–H groups in total. The van der Waals surface area contributed by atoms with Gasteiger partial charge in [0.25, 0.3) is 0 Å². The van der Waals surface area contributed by atoms with E-state index < -0.39 is 4.32 Å². The highest BCUT2D eigenvalue weighted by Gasteiger charge is 2.30. The van der Waals surface area contributed by atoms with Gasteiger partial charge in [0.1, 0.15) is 4.32 Å². The minimum absolute atomic E-state index is 0.220. The molecular weight excluding hydrogens is 243 g/mol. The first kappa shape index (κ1) is 12.2. The normalized spacial score (nSPS) is 15.3. The maximum atomic E-state index is 11.2. The van der Waals surface area contributed by atoms with Crippen molar-refractivity contribution in [1.82, 2.24) is 0 Å². The third-order valence-corrected chi connectivity index (χ3v) is 2.87. The van der Waals surface area contributed by atoms with E-state index in [-0.39, 0.29) is 11.8 Å². The number of carbonyl (C=O) groups excluding carboxylic acids is 1. The molecule has 0 rings (SSSR count). The number of ether oxygens (including phenoxy) is 1. The molecule has 0 bridgehead atoms. The molecule has 0 aromatic heterocycles. The van der Waals surface area contributed by atoms with Gasteiger partial charge in [-0.3, -0.25) is 4.79 Å². The maximum absolute atomic E-state index is 11.2. The molecule has 0 heterocycles. The third kappa shape index (κ3) is 4.31. The Kier molecular flexibility index (Phi) is 5.93. The molecule has 0 fully saturated rings. The largest absolute Gasteiger partial charge is 0.465 e. The predicted octanol–water partition coefficient (Wildman–Crippen LogP) is 2.72. The van der Waals surface area contributed by atoms with Gasteiger partial charge >= 0.3 is 5.97 Å². The highest BCUT2D eigenvalue weighted by molar-refractivity contribution is 9.10. The van der Waals surface area contributed by atoms with Crippen LogP contribution < -0.4 is 0 Å². The van der Waals surface area contributed by atoms with Gasteiger partial charge in [0.05, 0.1) is 6.61 Å². The number of alkyl halides is 2. The van der Waals surface area contributed by atoms with E-state index in [1.165, 1.54) is 0 Å². The molecule has 0 aliphatic carbocycles. The Morgan fingerprint density at radius 1 is 1.67 bits per heavy atom. The minimum Gasteiger partial charge on any atom is -0.465 e. The molecule has 0 saturated carbocycles. The molecule has 0 aliphatic heterocycles. The fourth-order valence-electron chi connectivity index (χ4n) is 0.514. The predicted molar refractivity (Wildman–Crippen MR) is 53.9 cm³/mol. The summed E-state index contributed by atoms with van der Waals surface area (Å²) < 4.78 is 4.23. The molecule has 1 atom stereocenters. The quantitative estimate of drug-likeness (QED) is 0.430. The van der Waals surface area contributed by atoms with Crippen molar-refractivity contribution in [1.29, 1.82) is 0 Å². The van der Waals surface area contributed by atoms with Crippen LogP contribution in [-0.4, -0.2) is 22.8 Å². The van der Waals surface area contributed by atoms with Crippen molar-refractivity contribution in [3.8, 4) is 0 Å². The molecule has 0 spiro atoms. The van der Waals surface area contributed by atoms with E-state index in [0.29, 0.717) is 6.61 Å². The van der Waals surface area contributed by atoms with Gasteiger partial charge in [0.2, 0.25) is 0 Å². The van der Waals surface area contributed by atoms with Crippen LogP contribution in [0.25, 0.3) is 0 Å². The van der Waals surface area contributed by atoms with E-state index in [1.54, 1.807) is 6.92 Å². The number of rotatable bonds is 5. The lowest BCUT2D eigenvalue weighted by molar-refractivity contribution is -0.145. The summed E-state index contributed by atoms with van der Waals surface area (Å²) in [5.41, 5.74) is 0. The second-order valence-electron chi connectivity index (χ2n) is 2.82. The summed E-state index contributed by atoms with van der Waals surface area (Å²) in [7, 11) is 0. The fraction of sp³-hybridized carbons (Fsp3) is 0.875. The summed E-state index contributed by atoms with van der Waals surface area (Å²) in [6.07, 6.45) is 1.92. The summed E-state index contributed by atoms with van der Waals surface area (Å²) in [6.45, 7) is 4.23. The van der Waals surface area contributed by atoms with Crippen molar-refractivity contribution in [3.63, 3.8) is 0 Å². The number of carbonyl (C=O) groups is 1. The van der Waals surface area contributed by atoms with E-state index in [1.807, 2.05) is 6.92 Å². The van der Waals surface area contributed by atoms with Gasteiger partial charge < -0.3 is 4.74 Å². The summed E-state index contributed by atoms with van der Waals surface area (Å²) in [5.74, 6) is -0.0660. The van der Waals surface area contributed by atoms with Crippen LogP contribution in [0, 0.1) is 0 Å². The zero-order valence-corrected chi connectivity index (χ0v) is 9.74. The second-order valence-corrected chi connectivity index (χ2v) is 4.84. The Morgan fingerprint density at radius 3 is 2.67 bits per heavy atom. The molecule has 72 valence electrons. The zero-order chi connectivity index (χ0) is 9.61. The van der Waals surface area contributed by atoms with Crippen LogP contribution in [0.5, 0.6) is 0 Å². The number of esters is 1. The van der Waals surface area contributed by atoms with E-state index in [4.69, 9.17) is 16.3 Å². The summed E-state index contributed by atoms with van der Waals surface area (Å²) in [6, 6.07) is 0. The smallest absolute Gasteiger partial charge is 0.323 e. The summed E-state index contributed by atoms with van der Waals surface area (Å²) in [4.78, 5) is 11.2. The topological polar surface area (TPSA) is 26.3 Å². The highest BCUT2D eigenvalue weighted by atomic mass is 79.9. The van der Waals surface area contributed by atoms with Crippen molar-refractivity contribution in [2.45, 2.75) is 31.0 Å². The second kappa shape index (κ2) is 5.81. The Morgan fingerprint density at radius 2 is 2.25 bits per heavy atom. The lowest BCUT2D eigenvalue weighted by atomic mass is 10.2. The van der Waals surface area contributed by atoms with Crippen LogP contribution in [-0.2, 0) is 9.53 Å². The SMILES string of the molecule is CCCCOC(=O)C(C)(Br)CCl. The van der Waals surface area contributed by atoms with Gasteiger partial charge in [-0.05, 0) is 13.3 Å². The van der Waals surface area contributed by atoms with Gasteiger partial charge in [0.15, 0.2) is 0 Å².